The minimum Gasteiger partial charge on any atom is -0.376 e. The van der Waals surface area contributed by atoms with Crippen molar-refractivity contribution in [2.24, 2.45) is 0 Å². The Balaban J connectivity index is 1.94. The maximum Gasteiger partial charge on any atom is 0.243 e. The molecule has 2 N–H and O–H groups in total. The van der Waals surface area contributed by atoms with Gasteiger partial charge in [-0.1, -0.05) is 38.1 Å². The fraction of sp³-hybridized carbons (Fsp3) is 0.263. The third-order valence-electron chi connectivity index (χ3n) is 3.61. The van der Waals surface area contributed by atoms with E-state index in [9.17, 15) is 9.59 Å². The largest absolute Gasteiger partial charge is 0.376 e. The zero-order valence-electron chi connectivity index (χ0n) is 13.7. The lowest BCUT2D eigenvalue weighted by Gasteiger charge is -2.11. The van der Waals surface area contributed by atoms with Crippen molar-refractivity contribution in [3.8, 4) is 0 Å². The molecule has 0 heterocycles. The molecule has 4 nitrogen and oxygen atoms in total. The van der Waals surface area contributed by atoms with Gasteiger partial charge in [-0.25, -0.2) is 0 Å². The predicted molar refractivity (Wildman–Crippen MR) is 94.1 cm³/mol. The zero-order chi connectivity index (χ0) is 16.8. The molecule has 0 atom stereocenters. The molecule has 2 aromatic carbocycles. The van der Waals surface area contributed by atoms with Crippen LogP contribution in [0, 0.1) is 0 Å². The quantitative estimate of drug-likeness (QED) is 0.791. The Hall–Kier alpha value is -2.62. The highest BCUT2D eigenvalue weighted by molar-refractivity contribution is 6.00. The number of benzene rings is 2. The number of para-hydroxylation sites is 1. The second-order valence-electron chi connectivity index (χ2n) is 5.78. The van der Waals surface area contributed by atoms with E-state index in [1.807, 2.05) is 30.3 Å². The Bertz CT molecular complexity index is 691. The highest BCUT2D eigenvalue weighted by Gasteiger charge is 2.08. The molecular formula is C19H22N2O2. The highest BCUT2D eigenvalue weighted by Crippen LogP contribution is 2.18. The molecule has 23 heavy (non-hydrogen) atoms. The van der Waals surface area contributed by atoms with Gasteiger partial charge < -0.3 is 10.6 Å². The molecule has 0 bridgehead atoms. The number of ketones is 1. The van der Waals surface area contributed by atoms with Crippen LogP contribution in [0.2, 0.25) is 0 Å². The summed E-state index contributed by atoms with van der Waals surface area (Å²) in [5, 5.41) is 5.85. The Labute approximate surface area is 136 Å². The number of carbonyl (C=O) groups is 2. The first kappa shape index (κ1) is 16.7. The Morgan fingerprint density at radius 3 is 2.26 bits per heavy atom. The normalized spacial score (nSPS) is 10.4. The first-order chi connectivity index (χ1) is 11.0. The lowest BCUT2D eigenvalue weighted by molar-refractivity contribution is -0.114. The molecule has 0 radical (unpaired) electrons. The molecule has 2 rings (SSSR count). The van der Waals surface area contributed by atoms with Crippen LogP contribution in [0.15, 0.2) is 48.5 Å². The standard InChI is InChI=1S/C19H22N2O2/c1-13(2)15-8-10-16(11-9-15)21-19(23)12-20-18-7-5-4-6-17(18)14(3)22/h4-11,13,20H,12H2,1-3H3,(H,21,23). The van der Waals surface area contributed by atoms with E-state index in [1.54, 1.807) is 18.2 Å². The van der Waals surface area contributed by atoms with Gasteiger partial charge >= 0.3 is 0 Å². The molecule has 0 saturated heterocycles. The number of amides is 1. The molecule has 0 aromatic heterocycles. The van der Waals surface area contributed by atoms with Crippen LogP contribution in [-0.4, -0.2) is 18.2 Å². The van der Waals surface area contributed by atoms with Crippen LogP contribution in [0.3, 0.4) is 0 Å². The van der Waals surface area contributed by atoms with E-state index in [1.165, 1.54) is 12.5 Å². The minimum atomic E-state index is -0.152. The van der Waals surface area contributed by atoms with Crippen molar-refractivity contribution >= 4 is 23.1 Å². The fourth-order valence-electron chi connectivity index (χ4n) is 2.28. The minimum absolute atomic E-state index is 0.0298. The third kappa shape index (κ3) is 4.68. The van der Waals surface area contributed by atoms with Crippen LogP contribution in [-0.2, 0) is 4.79 Å². The topological polar surface area (TPSA) is 58.2 Å². The molecule has 0 saturated carbocycles. The first-order valence-electron chi connectivity index (χ1n) is 7.71. The molecule has 0 aliphatic carbocycles. The van der Waals surface area contributed by atoms with E-state index < -0.39 is 0 Å². The van der Waals surface area contributed by atoms with Crippen LogP contribution in [0.5, 0.6) is 0 Å². The Morgan fingerprint density at radius 1 is 1.00 bits per heavy atom. The van der Waals surface area contributed by atoms with Gasteiger partial charge in [0.2, 0.25) is 5.91 Å². The van der Waals surface area contributed by atoms with Crippen molar-refractivity contribution in [3.63, 3.8) is 0 Å². The maximum atomic E-state index is 12.0. The number of Topliss-reactive ketones (excluding diaryl/α,β-unsaturated/α-hetero) is 1. The van der Waals surface area contributed by atoms with E-state index in [4.69, 9.17) is 0 Å². The lowest BCUT2D eigenvalue weighted by atomic mass is 10.0. The molecule has 4 heteroatoms. The van der Waals surface area contributed by atoms with Crippen molar-refractivity contribution < 1.29 is 9.59 Å². The van der Waals surface area contributed by atoms with E-state index in [2.05, 4.69) is 24.5 Å². The summed E-state index contributed by atoms with van der Waals surface area (Å²) in [4.78, 5) is 23.6. The van der Waals surface area contributed by atoms with E-state index in [0.29, 0.717) is 17.2 Å². The van der Waals surface area contributed by atoms with Crippen LogP contribution in [0.1, 0.15) is 42.6 Å². The summed E-state index contributed by atoms with van der Waals surface area (Å²) in [6.45, 7) is 5.88. The smallest absolute Gasteiger partial charge is 0.243 e. The average Bonchev–Trinajstić information content (AvgIpc) is 2.53. The van der Waals surface area contributed by atoms with Crippen molar-refractivity contribution in [1.82, 2.24) is 0 Å². The number of rotatable bonds is 6. The summed E-state index contributed by atoms with van der Waals surface area (Å²) < 4.78 is 0. The summed E-state index contributed by atoms with van der Waals surface area (Å²) in [6, 6.07) is 15.0. The van der Waals surface area contributed by atoms with Gasteiger partial charge in [-0.15, -0.1) is 0 Å². The van der Waals surface area contributed by atoms with Gasteiger partial charge in [0, 0.05) is 16.9 Å². The fourth-order valence-corrected chi connectivity index (χ4v) is 2.28. The molecule has 1 amide bonds. The number of nitrogens with one attached hydrogen (secondary N) is 2. The van der Waals surface area contributed by atoms with E-state index in [-0.39, 0.29) is 18.2 Å². The van der Waals surface area contributed by atoms with Crippen LogP contribution < -0.4 is 10.6 Å². The molecule has 0 fully saturated rings. The van der Waals surface area contributed by atoms with Crippen molar-refractivity contribution in [2.45, 2.75) is 26.7 Å². The number of hydrogen-bond donors (Lipinski definition) is 2. The van der Waals surface area contributed by atoms with Gasteiger partial charge in [-0.3, -0.25) is 9.59 Å². The predicted octanol–water partition coefficient (Wildman–Crippen LogP) is 4.06. The molecule has 2 aromatic rings. The molecule has 0 aliphatic heterocycles. The zero-order valence-corrected chi connectivity index (χ0v) is 13.7. The number of hydrogen-bond acceptors (Lipinski definition) is 3. The monoisotopic (exact) mass is 310 g/mol. The molecule has 0 unspecified atom stereocenters. The summed E-state index contributed by atoms with van der Waals surface area (Å²) in [7, 11) is 0. The van der Waals surface area contributed by atoms with Gasteiger partial charge in [-0.05, 0) is 42.7 Å². The van der Waals surface area contributed by atoms with Crippen molar-refractivity contribution in [3.05, 3.63) is 59.7 Å². The van der Waals surface area contributed by atoms with Gasteiger partial charge in [0.15, 0.2) is 5.78 Å². The van der Waals surface area contributed by atoms with E-state index in [0.717, 1.165) is 5.69 Å². The first-order valence-corrected chi connectivity index (χ1v) is 7.71. The van der Waals surface area contributed by atoms with Gasteiger partial charge in [-0.2, -0.15) is 0 Å². The maximum absolute atomic E-state index is 12.0. The molecule has 0 spiro atoms. The van der Waals surface area contributed by atoms with E-state index >= 15 is 0 Å². The van der Waals surface area contributed by atoms with Gasteiger partial charge in [0.25, 0.3) is 0 Å². The van der Waals surface area contributed by atoms with Crippen molar-refractivity contribution in [2.75, 3.05) is 17.2 Å². The average molecular weight is 310 g/mol. The summed E-state index contributed by atoms with van der Waals surface area (Å²) in [5.74, 6) is 0.280. The van der Waals surface area contributed by atoms with Crippen LogP contribution in [0.4, 0.5) is 11.4 Å². The van der Waals surface area contributed by atoms with Gasteiger partial charge in [0.1, 0.15) is 0 Å². The highest BCUT2D eigenvalue weighted by atomic mass is 16.2. The van der Waals surface area contributed by atoms with Crippen LogP contribution in [0.25, 0.3) is 0 Å². The Kier molecular flexibility index (Phi) is 5.52. The van der Waals surface area contributed by atoms with Crippen LogP contribution >= 0.6 is 0 Å². The second kappa shape index (κ2) is 7.58. The Morgan fingerprint density at radius 2 is 1.65 bits per heavy atom. The second-order valence-corrected chi connectivity index (χ2v) is 5.78. The summed E-state index contributed by atoms with van der Waals surface area (Å²) in [6.07, 6.45) is 0. The summed E-state index contributed by atoms with van der Waals surface area (Å²) in [5.41, 5.74) is 3.25. The molecule has 120 valence electrons. The number of anilines is 2. The van der Waals surface area contributed by atoms with Gasteiger partial charge in [0.05, 0.1) is 6.54 Å². The molecular weight excluding hydrogens is 288 g/mol. The molecule has 0 aliphatic rings. The van der Waals surface area contributed by atoms with Crippen molar-refractivity contribution in [1.29, 1.82) is 0 Å². The number of carbonyl (C=O) groups excluding carboxylic acids is 2. The third-order valence-corrected chi connectivity index (χ3v) is 3.61. The SMILES string of the molecule is CC(=O)c1ccccc1NCC(=O)Nc1ccc(C(C)C)cc1. The lowest BCUT2D eigenvalue weighted by Crippen LogP contribution is -2.22. The summed E-state index contributed by atoms with van der Waals surface area (Å²) >= 11 is 0.